The van der Waals surface area contributed by atoms with Crippen molar-refractivity contribution in [1.29, 1.82) is 0 Å². The van der Waals surface area contributed by atoms with E-state index in [1.807, 2.05) is 14.0 Å². The van der Waals surface area contributed by atoms with Crippen LogP contribution < -0.4 is 10.6 Å². The molecule has 0 radical (unpaired) electrons. The Balaban J connectivity index is 0.00000338. The van der Waals surface area contributed by atoms with Gasteiger partial charge in [0.1, 0.15) is 0 Å². The lowest BCUT2D eigenvalue weighted by Crippen LogP contribution is -2.49. The van der Waals surface area contributed by atoms with Crippen LogP contribution in [0, 0.1) is 0 Å². The molecule has 0 aliphatic carbocycles. The molecule has 1 fully saturated rings. The van der Waals surface area contributed by atoms with E-state index in [4.69, 9.17) is 4.74 Å². The van der Waals surface area contributed by atoms with Crippen LogP contribution in [0.1, 0.15) is 44.7 Å². The zero-order valence-electron chi connectivity index (χ0n) is 16.6. The van der Waals surface area contributed by atoms with Gasteiger partial charge in [0.2, 0.25) is 0 Å². The number of halogens is 1. The molecular formula is C20H35IN4O. The number of ether oxygens (including phenoxy) is 1. The molecule has 2 rings (SSSR count). The lowest BCUT2D eigenvalue weighted by Gasteiger charge is -2.35. The van der Waals surface area contributed by atoms with Crippen molar-refractivity contribution in [3.8, 4) is 0 Å². The van der Waals surface area contributed by atoms with E-state index in [1.165, 1.54) is 24.0 Å². The van der Waals surface area contributed by atoms with Crippen molar-refractivity contribution in [2.45, 2.75) is 58.8 Å². The predicted molar refractivity (Wildman–Crippen MR) is 120 cm³/mol. The van der Waals surface area contributed by atoms with Gasteiger partial charge in [0.25, 0.3) is 0 Å². The average Bonchev–Trinajstić information content (AvgIpc) is 2.64. The maximum atomic E-state index is 5.57. The van der Waals surface area contributed by atoms with E-state index in [1.54, 1.807) is 0 Å². The third-order valence-electron chi connectivity index (χ3n) is 4.85. The van der Waals surface area contributed by atoms with Crippen molar-refractivity contribution in [3.05, 3.63) is 35.4 Å². The van der Waals surface area contributed by atoms with Gasteiger partial charge in [0.05, 0.1) is 6.61 Å². The summed E-state index contributed by atoms with van der Waals surface area (Å²) in [7, 11) is 1.84. The van der Waals surface area contributed by atoms with Gasteiger partial charge in [-0.1, -0.05) is 24.3 Å². The Bertz CT molecular complexity index is 542. The maximum Gasteiger partial charge on any atom is 0.191 e. The van der Waals surface area contributed by atoms with E-state index in [2.05, 4.69) is 58.6 Å². The Labute approximate surface area is 176 Å². The molecule has 1 aromatic carbocycles. The summed E-state index contributed by atoms with van der Waals surface area (Å²) in [5, 5.41) is 7.03. The van der Waals surface area contributed by atoms with E-state index in [0.29, 0.717) is 18.7 Å². The Morgan fingerprint density at radius 2 is 1.88 bits per heavy atom. The molecule has 1 saturated heterocycles. The van der Waals surface area contributed by atoms with Gasteiger partial charge in [-0.05, 0) is 44.7 Å². The van der Waals surface area contributed by atoms with Crippen LogP contribution >= 0.6 is 24.0 Å². The Morgan fingerprint density at radius 3 is 2.46 bits per heavy atom. The summed E-state index contributed by atoms with van der Waals surface area (Å²) in [6, 6.07) is 9.55. The predicted octanol–water partition coefficient (Wildman–Crippen LogP) is 3.38. The minimum atomic E-state index is 0. The molecule has 1 aliphatic rings. The van der Waals surface area contributed by atoms with Gasteiger partial charge in [-0.25, -0.2) is 0 Å². The van der Waals surface area contributed by atoms with Crippen molar-refractivity contribution in [3.63, 3.8) is 0 Å². The van der Waals surface area contributed by atoms with Gasteiger partial charge in [-0.2, -0.15) is 0 Å². The number of benzene rings is 1. The lowest BCUT2D eigenvalue weighted by molar-refractivity contribution is 0.133. The second-order valence-electron chi connectivity index (χ2n) is 6.88. The highest BCUT2D eigenvalue weighted by atomic mass is 127. The van der Waals surface area contributed by atoms with Crippen LogP contribution in [0.5, 0.6) is 0 Å². The maximum absolute atomic E-state index is 5.57. The molecule has 1 aromatic rings. The number of rotatable bonds is 7. The van der Waals surface area contributed by atoms with Crippen LogP contribution in [0.15, 0.2) is 29.3 Å². The summed E-state index contributed by atoms with van der Waals surface area (Å²) in [6.45, 7) is 11.0. The molecule has 0 spiro atoms. The van der Waals surface area contributed by atoms with E-state index in [9.17, 15) is 0 Å². The third-order valence-corrected chi connectivity index (χ3v) is 4.85. The molecule has 0 bridgehead atoms. The number of hydrogen-bond donors (Lipinski definition) is 2. The lowest BCUT2D eigenvalue weighted by atomic mass is 10.0. The molecule has 0 unspecified atom stereocenters. The van der Waals surface area contributed by atoms with Crippen LogP contribution in [0.25, 0.3) is 0 Å². The van der Waals surface area contributed by atoms with Crippen molar-refractivity contribution in [2.24, 2.45) is 4.99 Å². The van der Waals surface area contributed by atoms with Crippen LogP contribution in [0.2, 0.25) is 0 Å². The quantitative estimate of drug-likeness (QED) is 0.362. The first kappa shape index (κ1) is 23.2. The van der Waals surface area contributed by atoms with Crippen molar-refractivity contribution < 1.29 is 4.74 Å². The first-order valence-electron chi connectivity index (χ1n) is 9.49. The van der Waals surface area contributed by atoms with Gasteiger partial charge < -0.3 is 20.3 Å². The summed E-state index contributed by atoms with van der Waals surface area (Å²) in [5.41, 5.74) is 2.49. The minimum Gasteiger partial charge on any atom is -0.377 e. The van der Waals surface area contributed by atoms with Crippen LogP contribution in [0.3, 0.4) is 0 Å². The molecule has 0 atom stereocenters. The molecule has 148 valence electrons. The molecule has 0 amide bonds. The monoisotopic (exact) mass is 474 g/mol. The Hall–Kier alpha value is -0.860. The van der Waals surface area contributed by atoms with E-state index < -0.39 is 0 Å². The highest BCUT2D eigenvalue weighted by Crippen LogP contribution is 2.13. The zero-order valence-corrected chi connectivity index (χ0v) is 19.0. The number of nitrogens with zero attached hydrogens (tertiary/aromatic N) is 2. The summed E-state index contributed by atoms with van der Waals surface area (Å²) in [5.74, 6) is 0.884. The fourth-order valence-corrected chi connectivity index (χ4v) is 3.21. The summed E-state index contributed by atoms with van der Waals surface area (Å²) < 4.78 is 5.57. The third kappa shape index (κ3) is 7.40. The van der Waals surface area contributed by atoms with Gasteiger partial charge in [-0.3, -0.25) is 4.99 Å². The van der Waals surface area contributed by atoms with E-state index >= 15 is 0 Å². The standard InChI is InChI=1S/C20H34N4O.HI/c1-5-25-15-18-9-7-6-8-17(18)14-22-20(21-4)23-19-10-12-24(13-11-19)16(2)3;/h6-9,16,19H,5,10-15H2,1-4H3,(H2,21,22,23);1H. The van der Waals surface area contributed by atoms with Gasteiger partial charge in [0, 0.05) is 45.4 Å². The topological polar surface area (TPSA) is 48.9 Å². The average molecular weight is 474 g/mol. The highest BCUT2D eigenvalue weighted by molar-refractivity contribution is 14.0. The summed E-state index contributed by atoms with van der Waals surface area (Å²) in [4.78, 5) is 6.93. The number of aliphatic imine (C=N–C) groups is 1. The molecule has 26 heavy (non-hydrogen) atoms. The van der Waals surface area contributed by atoms with Gasteiger partial charge in [0.15, 0.2) is 5.96 Å². The number of hydrogen-bond acceptors (Lipinski definition) is 3. The molecule has 1 aliphatic heterocycles. The Kier molecular flexibility index (Phi) is 11.2. The van der Waals surface area contributed by atoms with Crippen molar-refractivity contribution in [2.75, 3.05) is 26.7 Å². The normalized spacial score (nSPS) is 16.4. The molecular weight excluding hydrogens is 439 g/mol. The van der Waals surface area contributed by atoms with Crippen molar-refractivity contribution >= 4 is 29.9 Å². The van der Waals surface area contributed by atoms with Gasteiger partial charge in [-0.15, -0.1) is 24.0 Å². The smallest absolute Gasteiger partial charge is 0.191 e. The zero-order chi connectivity index (χ0) is 18.1. The fourth-order valence-electron chi connectivity index (χ4n) is 3.21. The highest BCUT2D eigenvalue weighted by Gasteiger charge is 2.21. The summed E-state index contributed by atoms with van der Waals surface area (Å²) >= 11 is 0. The molecule has 0 aromatic heterocycles. The molecule has 5 nitrogen and oxygen atoms in total. The first-order valence-corrected chi connectivity index (χ1v) is 9.49. The van der Waals surface area contributed by atoms with Crippen molar-refractivity contribution in [1.82, 2.24) is 15.5 Å². The molecule has 0 saturated carbocycles. The number of guanidine groups is 1. The van der Waals surface area contributed by atoms with Gasteiger partial charge >= 0.3 is 0 Å². The number of likely N-dealkylation sites (tertiary alicyclic amines) is 1. The summed E-state index contributed by atoms with van der Waals surface area (Å²) in [6.07, 6.45) is 2.33. The molecule has 1 heterocycles. The second kappa shape index (κ2) is 12.5. The Morgan fingerprint density at radius 1 is 1.23 bits per heavy atom. The van der Waals surface area contributed by atoms with Crippen LogP contribution in [0.4, 0.5) is 0 Å². The van der Waals surface area contributed by atoms with E-state index in [0.717, 1.165) is 32.2 Å². The largest absolute Gasteiger partial charge is 0.377 e. The SMILES string of the molecule is CCOCc1ccccc1CNC(=NC)NC1CCN(C(C)C)CC1.I. The number of nitrogens with one attached hydrogen (secondary N) is 2. The van der Waals surface area contributed by atoms with Crippen LogP contribution in [-0.2, 0) is 17.9 Å². The molecule has 2 N–H and O–H groups in total. The number of piperidine rings is 1. The first-order chi connectivity index (χ1) is 12.1. The van der Waals surface area contributed by atoms with Crippen LogP contribution in [-0.4, -0.2) is 49.7 Å². The molecule has 6 heteroatoms. The minimum absolute atomic E-state index is 0. The second-order valence-corrected chi connectivity index (χ2v) is 6.88. The fraction of sp³-hybridized carbons (Fsp3) is 0.650. The van der Waals surface area contributed by atoms with E-state index in [-0.39, 0.29) is 24.0 Å².